The van der Waals surface area contributed by atoms with Crippen LogP contribution in [0, 0.1) is 0 Å². The van der Waals surface area contributed by atoms with E-state index in [1.54, 1.807) is 12.1 Å². The van der Waals surface area contributed by atoms with E-state index in [0.29, 0.717) is 5.76 Å². The third kappa shape index (κ3) is 3.53. The molecule has 0 spiro atoms. The summed E-state index contributed by atoms with van der Waals surface area (Å²) in [4.78, 5) is 11.4. The second-order valence-electron chi connectivity index (χ2n) is 5.85. The molecule has 0 aliphatic carbocycles. The Kier molecular flexibility index (Phi) is 4.91. The van der Waals surface area contributed by atoms with Crippen molar-refractivity contribution in [1.82, 2.24) is 4.31 Å². The molecule has 1 fully saturated rings. The van der Waals surface area contributed by atoms with Gasteiger partial charge < -0.3 is 9.15 Å². The second-order valence-corrected chi connectivity index (χ2v) is 10.1. The molecule has 140 valence electrons. The van der Waals surface area contributed by atoms with Crippen LogP contribution in [0.25, 0.3) is 0 Å². The number of methoxy groups -OCH3 is 1. The van der Waals surface area contributed by atoms with Gasteiger partial charge in [-0.3, -0.25) is 0 Å². The lowest BCUT2D eigenvalue weighted by Gasteiger charge is -2.37. The van der Waals surface area contributed by atoms with E-state index in [9.17, 15) is 21.6 Å². The molecule has 1 saturated heterocycles. The van der Waals surface area contributed by atoms with Gasteiger partial charge in [-0.2, -0.15) is 4.31 Å². The quantitative estimate of drug-likeness (QED) is 0.668. The molecule has 26 heavy (non-hydrogen) atoms. The third-order valence-corrected chi connectivity index (χ3v) is 8.01. The van der Waals surface area contributed by atoms with E-state index in [4.69, 9.17) is 4.42 Å². The minimum absolute atomic E-state index is 0.00737. The fourth-order valence-electron chi connectivity index (χ4n) is 2.56. The number of carbonyl (C=O) groups is 1. The fraction of sp³-hybridized carbons (Fsp3) is 0.312. The summed E-state index contributed by atoms with van der Waals surface area (Å²) in [5, 5.41) is -0.767. The number of sulfonamides is 1. The highest BCUT2D eigenvalue weighted by Gasteiger charge is 2.43. The number of ether oxygens (including phenoxy) is 1. The van der Waals surface area contributed by atoms with E-state index >= 15 is 0 Å². The monoisotopic (exact) mass is 399 g/mol. The van der Waals surface area contributed by atoms with Crippen LogP contribution in [0.15, 0.2) is 52.0 Å². The second kappa shape index (κ2) is 6.86. The summed E-state index contributed by atoms with van der Waals surface area (Å²) in [6.45, 7) is -0.214. The molecule has 2 heterocycles. The average molecular weight is 399 g/mol. The van der Waals surface area contributed by atoms with Gasteiger partial charge in [-0.25, -0.2) is 21.6 Å². The van der Waals surface area contributed by atoms with Crippen LogP contribution in [0.2, 0.25) is 0 Å². The van der Waals surface area contributed by atoms with Crippen LogP contribution in [0.5, 0.6) is 0 Å². The number of esters is 1. The Labute approximate surface area is 151 Å². The summed E-state index contributed by atoms with van der Waals surface area (Å²) < 4.78 is 60.4. The molecule has 10 heteroatoms. The molecule has 0 radical (unpaired) electrons. The molecule has 3 rings (SSSR count). The molecule has 8 nitrogen and oxygen atoms in total. The molecule has 0 N–H and O–H groups in total. The molecule has 0 atom stereocenters. The van der Waals surface area contributed by atoms with Crippen LogP contribution in [0.3, 0.4) is 0 Å². The van der Waals surface area contributed by atoms with Crippen molar-refractivity contribution < 1.29 is 30.8 Å². The van der Waals surface area contributed by atoms with Crippen LogP contribution in [-0.4, -0.2) is 52.6 Å². The maximum Gasteiger partial charge on any atom is 0.337 e. The largest absolute Gasteiger partial charge is 0.468 e. The predicted octanol–water partition coefficient (Wildman–Crippen LogP) is 1.05. The zero-order valence-corrected chi connectivity index (χ0v) is 15.5. The van der Waals surface area contributed by atoms with E-state index in [2.05, 4.69) is 4.74 Å². The zero-order chi connectivity index (χ0) is 18.9. The standard InChI is InChI=1S/C16H17NO7S2/c1-23-16(18)12-4-6-14(7-5-12)26(21,22)17-9-15(10-17)25(19,20)11-13-3-2-8-24-13/h2-8,15H,9-11H2,1H3. The Bertz CT molecular complexity index is 987. The highest BCUT2D eigenvalue weighted by molar-refractivity contribution is 7.92. The minimum Gasteiger partial charge on any atom is -0.468 e. The van der Waals surface area contributed by atoms with Gasteiger partial charge in [0.1, 0.15) is 11.5 Å². The normalized spacial score (nSPS) is 16.2. The molecular weight excluding hydrogens is 382 g/mol. The fourth-order valence-corrected chi connectivity index (χ4v) is 5.89. The number of nitrogens with zero attached hydrogens (tertiary/aromatic N) is 1. The molecule has 1 aromatic carbocycles. The molecule has 0 unspecified atom stereocenters. The maximum atomic E-state index is 12.6. The van der Waals surface area contributed by atoms with E-state index < -0.39 is 31.1 Å². The first-order chi connectivity index (χ1) is 12.2. The Morgan fingerprint density at radius 2 is 1.81 bits per heavy atom. The first kappa shape index (κ1) is 18.6. The smallest absolute Gasteiger partial charge is 0.337 e. The van der Waals surface area contributed by atoms with Gasteiger partial charge in [0.2, 0.25) is 10.0 Å². The first-order valence-corrected chi connectivity index (χ1v) is 10.8. The lowest BCUT2D eigenvalue weighted by atomic mass is 10.2. The summed E-state index contributed by atoms with van der Waals surface area (Å²) in [6, 6.07) is 8.46. The number of benzene rings is 1. The lowest BCUT2D eigenvalue weighted by Crippen LogP contribution is -2.56. The van der Waals surface area contributed by atoms with E-state index in [-0.39, 0.29) is 29.3 Å². The highest BCUT2D eigenvalue weighted by atomic mass is 32.2. The van der Waals surface area contributed by atoms with E-state index in [0.717, 1.165) is 4.31 Å². The van der Waals surface area contributed by atoms with Crippen molar-refractivity contribution in [1.29, 1.82) is 0 Å². The summed E-state index contributed by atoms with van der Waals surface area (Å²) in [7, 11) is -6.09. The van der Waals surface area contributed by atoms with Gasteiger partial charge in [-0.1, -0.05) is 0 Å². The van der Waals surface area contributed by atoms with Crippen molar-refractivity contribution in [3.63, 3.8) is 0 Å². The van der Waals surface area contributed by atoms with Gasteiger partial charge >= 0.3 is 5.97 Å². The highest BCUT2D eigenvalue weighted by Crippen LogP contribution is 2.27. The molecule has 0 bridgehead atoms. The van der Waals surface area contributed by atoms with Crippen molar-refractivity contribution in [2.45, 2.75) is 15.9 Å². The SMILES string of the molecule is COC(=O)c1ccc(S(=O)(=O)N2CC(S(=O)(=O)Cc3ccco3)C2)cc1. The number of furan rings is 1. The Morgan fingerprint density at radius 1 is 1.15 bits per heavy atom. The zero-order valence-electron chi connectivity index (χ0n) is 13.9. The van der Waals surface area contributed by atoms with Gasteiger partial charge in [0.15, 0.2) is 9.84 Å². The van der Waals surface area contributed by atoms with E-state index in [1.807, 2.05) is 0 Å². The molecule has 0 saturated carbocycles. The van der Waals surface area contributed by atoms with Crippen LogP contribution >= 0.6 is 0 Å². The summed E-state index contributed by atoms with van der Waals surface area (Å²) in [6.07, 6.45) is 1.39. The van der Waals surface area contributed by atoms with Gasteiger partial charge in [0.25, 0.3) is 0 Å². The van der Waals surface area contributed by atoms with Crippen molar-refractivity contribution in [3.8, 4) is 0 Å². The summed E-state index contributed by atoms with van der Waals surface area (Å²) >= 11 is 0. The molecular formula is C16H17NO7S2. The Morgan fingerprint density at radius 3 is 2.35 bits per heavy atom. The predicted molar refractivity (Wildman–Crippen MR) is 91.7 cm³/mol. The Balaban J connectivity index is 1.68. The third-order valence-electron chi connectivity index (χ3n) is 4.16. The van der Waals surface area contributed by atoms with Crippen molar-refractivity contribution >= 4 is 25.8 Å². The Hall–Kier alpha value is -2.17. The van der Waals surface area contributed by atoms with Crippen LogP contribution < -0.4 is 0 Å². The molecule has 1 aliphatic heterocycles. The first-order valence-electron chi connectivity index (χ1n) is 7.66. The van der Waals surface area contributed by atoms with E-state index in [1.165, 1.54) is 37.6 Å². The van der Waals surface area contributed by atoms with Crippen LogP contribution in [0.1, 0.15) is 16.1 Å². The maximum absolute atomic E-state index is 12.6. The molecule has 1 aliphatic rings. The number of carbonyl (C=O) groups excluding carboxylic acids is 1. The molecule has 2 aromatic rings. The topological polar surface area (TPSA) is 111 Å². The number of hydrogen-bond acceptors (Lipinski definition) is 7. The molecule has 1 aromatic heterocycles. The minimum atomic E-state index is -3.81. The lowest BCUT2D eigenvalue weighted by molar-refractivity contribution is 0.0600. The summed E-state index contributed by atoms with van der Waals surface area (Å²) in [5.74, 6) is -0.501. The van der Waals surface area contributed by atoms with Gasteiger partial charge in [0.05, 0.1) is 29.1 Å². The van der Waals surface area contributed by atoms with Crippen molar-refractivity contribution in [2.24, 2.45) is 0 Å². The van der Waals surface area contributed by atoms with Crippen LogP contribution in [0.4, 0.5) is 0 Å². The number of sulfone groups is 1. The van der Waals surface area contributed by atoms with Gasteiger partial charge in [0, 0.05) is 13.1 Å². The van der Waals surface area contributed by atoms with Crippen molar-refractivity contribution in [3.05, 3.63) is 54.0 Å². The number of hydrogen-bond donors (Lipinski definition) is 0. The van der Waals surface area contributed by atoms with Crippen LogP contribution in [-0.2, 0) is 30.4 Å². The van der Waals surface area contributed by atoms with Gasteiger partial charge in [-0.05, 0) is 36.4 Å². The van der Waals surface area contributed by atoms with Crippen molar-refractivity contribution in [2.75, 3.05) is 20.2 Å². The number of rotatable bonds is 6. The average Bonchev–Trinajstić information content (AvgIpc) is 3.04. The van der Waals surface area contributed by atoms with Gasteiger partial charge in [-0.15, -0.1) is 0 Å². The summed E-state index contributed by atoms with van der Waals surface area (Å²) in [5.41, 5.74) is 0.231. The molecule has 0 amide bonds.